The zero-order chi connectivity index (χ0) is 21.0. The number of nitrogens with one attached hydrogen (secondary N) is 1. The monoisotopic (exact) mass is 461 g/mol. The molecule has 0 fully saturated rings. The minimum atomic E-state index is -0.728. The summed E-state index contributed by atoms with van der Waals surface area (Å²) in [6, 6.07) is 9.81. The van der Waals surface area contributed by atoms with Gasteiger partial charge in [-0.15, -0.1) is 0 Å². The highest BCUT2D eigenvalue weighted by molar-refractivity contribution is 9.10. The second-order valence-corrected chi connectivity index (χ2v) is 7.21. The van der Waals surface area contributed by atoms with Crippen LogP contribution in [0.4, 0.5) is 4.39 Å². The van der Waals surface area contributed by atoms with E-state index in [1.165, 1.54) is 42.3 Å². The largest absolute Gasteiger partial charge is 0.469 e. The number of ether oxygens (including phenoxy) is 1. The lowest BCUT2D eigenvalue weighted by Gasteiger charge is -2.18. The van der Waals surface area contributed by atoms with Gasteiger partial charge in [-0.05, 0) is 35.9 Å². The third kappa shape index (κ3) is 5.05. The van der Waals surface area contributed by atoms with Crippen molar-refractivity contribution >= 4 is 38.7 Å². The fourth-order valence-corrected chi connectivity index (χ4v) is 3.20. The molecule has 150 valence electrons. The molecule has 29 heavy (non-hydrogen) atoms. The van der Waals surface area contributed by atoms with E-state index in [9.17, 15) is 18.8 Å². The van der Waals surface area contributed by atoms with Gasteiger partial charge in [-0.3, -0.25) is 19.0 Å². The van der Waals surface area contributed by atoms with E-state index in [-0.39, 0.29) is 18.5 Å². The lowest BCUT2D eigenvalue weighted by molar-refractivity contribution is -0.141. The number of methoxy groups -OCH3 is 1. The molecule has 0 spiro atoms. The van der Waals surface area contributed by atoms with Crippen molar-refractivity contribution in [2.45, 2.75) is 19.0 Å². The average molecular weight is 462 g/mol. The van der Waals surface area contributed by atoms with Gasteiger partial charge >= 0.3 is 5.97 Å². The van der Waals surface area contributed by atoms with E-state index in [0.29, 0.717) is 16.5 Å². The van der Waals surface area contributed by atoms with Crippen molar-refractivity contribution in [1.82, 2.24) is 14.9 Å². The van der Waals surface area contributed by atoms with Crippen LogP contribution in [0.3, 0.4) is 0 Å². The number of nitrogens with zero attached hydrogens (tertiary/aromatic N) is 2. The smallest absolute Gasteiger partial charge is 0.307 e. The molecule has 3 aromatic rings. The number of fused-ring (bicyclic) bond motifs is 1. The molecule has 0 aliphatic rings. The summed E-state index contributed by atoms with van der Waals surface area (Å²) in [6.45, 7) is -0.285. The van der Waals surface area contributed by atoms with Crippen molar-refractivity contribution in [3.8, 4) is 0 Å². The van der Waals surface area contributed by atoms with Crippen LogP contribution in [0.15, 0.2) is 58.1 Å². The molecular formula is C20H17BrFN3O4. The van der Waals surface area contributed by atoms with Gasteiger partial charge in [0.25, 0.3) is 5.56 Å². The summed E-state index contributed by atoms with van der Waals surface area (Å²) in [7, 11) is 1.24. The number of halogens is 2. The highest BCUT2D eigenvalue weighted by atomic mass is 79.9. The Morgan fingerprint density at radius 3 is 2.66 bits per heavy atom. The maximum Gasteiger partial charge on any atom is 0.307 e. The number of aromatic nitrogens is 2. The van der Waals surface area contributed by atoms with E-state index in [4.69, 9.17) is 0 Å². The van der Waals surface area contributed by atoms with Crippen LogP contribution in [0.5, 0.6) is 0 Å². The van der Waals surface area contributed by atoms with Crippen LogP contribution in [-0.2, 0) is 20.9 Å². The third-order valence-corrected chi connectivity index (χ3v) is 4.80. The molecule has 9 heteroatoms. The number of rotatable bonds is 6. The summed E-state index contributed by atoms with van der Waals surface area (Å²) < 4.78 is 19.8. The molecule has 0 aliphatic carbocycles. The normalized spacial score (nSPS) is 11.8. The molecule has 1 unspecified atom stereocenters. The fraction of sp³-hybridized carbons (Fsp3) is 0.200. The van der Waals surface area contributed by atoms with Gasteiger partial charge in [0.1, 0.15) is 12.4 Å². The van der Waals surface area contributed by atoms with E-state index in [0.717, 1.165) is 4.47 Å². The third-order valence-electron chi connectivity index (χ3n) is 4.31. The molecule has 0 radical (unpaired) electrons. The second-order valence-electron chi connectivity index (χ2n) is 6.29. The van der Waals surface area contributed by atoms with E-state index in [1.807, 2.05) is 0 Å². The van der Waals surface area contributed by atoms with Crippen molar-refractivity contribution in [3.63, 3.8) is 0 Å². The topological polar surface area (TPSA) is 90.3 Å². The Hall–Kier alpha value is -3.07. The number of amides is 1. The van der Waals surface area contributed by atoms with Gasteiger partial charge in [-0.25, -0.2) is 9.37 Å². The van der Waals surface area contributed by atoms with Crippen LogP contribution in [0.25, 0.3) is 10.9 Å². The number of carbonyl (C=O) groups excluding carboxylic acids is 2. The highest BCUT2D eigenvalue weighted by Gasteiger charge is 2.20. The molecule has 1 amide bonds. The van der Waals surface area contributed by atoms with Crippen molar-refractivity contribution in [1.29, 1.82) is 0 Å². The Labute approximate surface area is 173 Å². The Bertz CT molecular complexity index is 1110. The van der Waals surface area contributed by atoms with Crippen molar-refractivity contribution < 1.29 is 18.7 Å². The number of benzene rings is 2. The summed E-state index contributed by atoms with van der Waals surface area (Å²) in [5.41, 5.74) is 0.695. The maximum absolute atomic E-state index is 13.2. The number of hydrogen-bond donors (Lipinski definition) is 1. The fourth-order valence-electron chi connectivity index (χ4n) is 2.84. The van der Waals surface area contributed by atoms with Gasteiger partial charge in [-0.1, -0.05) is 28.1 Å². The lowest BCUT2D eigenvalue weighted by atomic mass is 10.0. The minimum absolute atomic E-state index is 0.133. The Kier molecular flexibility index (Phi) is 6.38. The second kappa shape index (κ2) is 8.95. The van der Waals surface area contributed by atoms with Crippen molar-refractivity contribution in [3.05, 3.63) is 75.0 Å². The maximum atomic E-state index is 13.2. The van der Waals surface area contributed by atoms with Crippen LogP contribution in [0, 0.1) is 5.82 Å². The first kappa shape index (κ1) is 20.7. The van der Waals surface area contributed by atoms with Gasteiger partial charge in [-0.2, -0.15) is 0 Å². The van der Waals surface area contributed by atoms with Gasteiger partial charge in [0.2, 0.25) is 5.91 Å². The summed E-state index contributed by atoms with van der Waals surface area (Å²) in [5.74, 6) is -1.47. The summed E-state index contributed by atoms with van der Waals surface area (Å²) in [5, 5.41) is 3.07. The zero-order valence-electron chi connectivity index (χ0n) is 15.4. The molecule has 0 saturated heterocycles. The molecule has 2 aromatic carbocycles. The van der Waals surface area contributed by atoms with Crippen LogP contribution < -0.4 is 10.9 Å². The van der Waals surface area contributed by atoms with Crippen LogP contribution >= 0.6 is 15.9 Å². The molecular weight excluding hydrogens is 445 g/mol. The van der Waals surface area contributed by atoms with Gasteiger partial charge in [0.05, 0.1) is 36.8 Å². The first-order chi connectivity index (χ1) is 13.9. The zero-order valence-corrected chi connectivity index (χ0v) is 17.0. The first-order valence-electron chi connectivity index (χ1n) is 8.63. The molecule has 7 nitrogen and oxygen atoms in total. The highest BCUT2D eigenvalue weighted by Crippen LogP contribution is 2.18. The number of carbonyl (C=O) groups is 2. The van der Waals surface area contributed by atoms with Crippen LogP contribution in [-0.4, -0.2) is 28.5 Å². The molecule has 1 heterocycles. The van der Waals surface area contributed by atoms with Crippen molar-refractivity contribution in [2.75, 3.05) is 7.11 Å². The quantitative estimate of drug-likeness (QED) is 0.569. The summed E-state index contributed by atoms with van der Waals surface area (Å²) in [4.78, 5) is 41.1. The Morgan fingerprint density at radius 1 is 1.24 bits per heavy atom. The lowest BCUT2D eigenvalue weighted by Crippen LogP contribution is -2.35. The number of hydrogen-bond acceptors (Lipinski definition) is 5. The van der Waals surface area contributed by atoms with Gasteiger partial charge < -0.3 is 10.1 Å². The van der Waals surface area contributed by atoms with Crippen molar-refractivity contribution in [2.24, 2.45) is 0 Å². The predicted molar refractivity (Wildman–Crippen MR) is 108 cm³/mol. The van der Waals surface area contributed by atoms with Gasteiger partial charge in [0.15, 0.2) is 0 Å². The molecule has 0 bridgehead atoms. The van der Waals surface area contributed by atoms with E-state index in [2.05, 4.69) is 31.0 Å². The van der Waals surface area contributed by atoms with Crippen LogP contribution in [0.1, 0.15) is 18.0 Å². The molecule has 0 saturated carbocycles. The molecule has 1 atom stereocenters. The SMILES string of the molecule is COC(=O)CC(NC(=O)Cn1cnc2ccc(Br)cc2c1=O)c1ccc(F)cc1. The van der Waals surface area contributed by atoms with E-state index >= 15 is 0 Å². The van der Waals surface area contributed by atoms with Crippen LogP contribution in [0.2, 0.25) is 0 Å². The van der Waals surface area contributed by atoms with Gasteiger partial charge in [0, 0.05) is 4.47 Å². The van der Waals surface area contributed by atoms with E-state index < -0.39 is 23.7 Å². The Morgan fingerprint density at radius 2 is 1.97 bits per heavy atom. The predicted octanol–water partition coefficient (Wildman–Crippen LogP) is 2.72. The first-order valence-corrected chi connectivity index (χ1v) is 9.43. The average Bonchev–Trinajstić information content (AvgIpc) is 2.70. The number of esters is 1. The minimum Gasteiger partial charge on any atom is -0.469 e. The van der Waals surface area contributed by atoms with E-state index in [1.54, 1.807) is 18.2 Å². The standard InChI is InChI=1S/C20H17BrFN3O4/c1-29-19(27)9-17(12-2-5-14(22)6-3-12)24-18(26)10-25-11-23-16-7-4-13(21)8-15(16)20(25)28/h2-8,11,17H,9-10H2,1H3,(H,24,26). The molecule has 3 rings (SSSR count). The Balaban J connectivity index is 1.82. The molecule has 0 aliphatic heterocycles. The molecule has 1 aromatic heterocycles. The summed E-state index contributed by atoms with van der Waals surface area (Å²) >= 11 is 3.31. The molecule has 1 N–H and O–H groups in total. The summed E-state index contributed by atoms with van der Waals surface area (Å²) in [6.07, 6.45) is 1.16.